The molecule has 22 heavy (non-hydrogen) atoms. The van der Waals surface area contributed by atoms with Gasteiger partial charge in [0.05, 0.1) is 17.6 Å². The van der Waals surface area contributed by atoms with Gasteiger partial charge in [0.1, 0.15) is 11.9 Å². The molecular weight excluding hydrogens is 317 g/mol. The molecule has 0 unspecified atom stereocenters. The molecule has 0 aliphatic heterocycles. The van der Waals surface area contributed by atoms with E-state index in [1.54, 1.807) is 0 Å². The van der Waals surface area contributed by atoms with Crippen LogP contribution in [0.1, 0.15) is 24.2 Å². The van der Waals surface area contributed by atoms with Crippen LogP contribution in [0, 0.1) is 11.7 Å². The molecule has 1 atom stereocenters. The Morgan fingerprint density at radius 3 is 2.32 bits per heavy atom. The number of hydrogen-bond donors (Lipinski definition) is 2. The van der Waals surface area contributed by atoms with E-state index in [-0.39, 0.29) is 5.56 Å². The Kier molecular flexibility index (Phi) is 5.61. The van der Waals surface area contributed by atoms with E-state index in [4.69, 9.17) is 5.11 Å². The van der Waals surface area contributed by atoms with Gasteiger partial charge in [-0.25, -0.2) is 17.6 Å². The topological polar surface area (TPSA) is 110 Å². The van der Waals surface area contributed by atoms with Crippen LogP contribution in [0.3, 0.4) is 0 Å². The number of benzene rings is 1. The van der Waals surface area contributed by atoms with Gasteiger partial charge in [-0.15, -0.1) is 0 Å². The highest BCUT2D eigenvalue weighted by Gasteiger charge is 2.28. The summed E-state index contributed by atoms with van der Waals surface area (Å²) in [4.78, 5) is 21.9. The molecular formula is C13H16FNO6S. The highest BCUT2D eigenvalue weighted by molar-refractivity contribution is 7.89. The first-order valence-corrected chi connectivity index (χ1v) is 7.71. The molecule has 0 saturated heterocycles. The first-order chi connectivity index (χ1) is 10.1. The molecule has 0 aliphatic rings. The first kappa shape index (κ1) is 18.1. The Morgan fingerprint density at radius 1 is 1.27 bits per heavy atom. The number of rotatable bonds is 6. The minimum absolute atomic E-state index is 0.292. The van der Waals surface area contributed by atoms with E-state index in [1.165, 1.54) is 13.8 Å². The Hall–Kier alpha value is -2.00. The summed E-state index contributed by atoms with van der Waals surface area (Å²) in [5.41, 5.74) is -0.292. The lowest BCUT2D eigenvalue weighted by atomic mass is 10.1. The molecule has 0 aliphatic carbocycles. The average molecular weight is 333 g/mol. The van der Waals surface area contributed by atoms with Crippen molar-refractivity contribution in [2.45, 2.75) is 24.8 Å². The predicted octanol–water partition coefficient (Wildman–Crippen LogP) is 1.000. The summed E-state index contributed by atoms with van der Waals surface area (Å²) >= 11 is 0. The van der Waals surface area contributed by atoms with Crippen molar-refractivity contribution in [1.29, 1.82) is 0 Å². The summed E-state index contributed by atoms with van der Waals surface area (Å²) in [5, 5.41) is 9.01. The van der Waals surface area contributed by atoms with E-state index in [0.29, 0.717) is 6.07 Å². The van der Waals surface area contributed by atoms with Crippen molar-refractivity contribution < 1.29 is 32.2 Å². The molecule has 0 fully saturated rings. The van der Waals surface area contributed by atoms with Gasteiger partial charge < -0.3 is 9.84 Å². The second kappa shape index (κ2) is 6.84. The van der Waals surface area contributed by atoms with Crippen LogP contribution in [-0.2, 0) is 19.6 Å². The maximum atomic E-state index is 13.5. The molecule has 7 nitrogen and oxygen atoms in total. The summed E-state index contributed by atoms with van der Waals surface area (Å²) < 4.78 is 44.2. The first-order valence-electron chi connectivity index (χ1n) is 6.22. The Bertz CT molecular complexity index is 686. The second-order valence-electron chi connectivity index (χ2n) is 4.85. The lowest BCUT2D eigenvalue weighted by Crippen LogP contribution is -2.44. The zero-order valence-corrected chi connectivity index (χ0v) is 13.0. The number of sulfonamides is 1. The summed E-state index contributed by atoms with van der Waals surface area (Å²) in [5.74, 6) is -3.75. The monoisotopic (exact) mass is 333 g/mol. The number of methoxy groups -OCH3 is 1. The number of nitrogens with one attached hydrogen (secondary N) is 1. The molecule has 0 aromatic heterocycles. The van der Waals surface area contributed by atoms with Crippen LogP contribution < -0.4 is 4.72 Å². The quantitative estimate of drug-likeness (QED) is 0.752. The third-order valence-electron chi connectivity index (χ3n) is 2.82. The highest BCUT2D eigenvalue weighted by Crippen LogP contribution is 2.17. The number of halogens is 1. The van der Waals surface area contributed by atoms with E-state index in [2.05, 4.69) is 4.74 Å². The molecule has 1 aromatic carbocycles. The summed E-state index contributed by atoms with van der Waals surface area (Å²) in [6.45, 7) is 3.04. The van der Waals surface area contributed by atoms with Gasteiger partial charge in [-0.3, -0.25) is 4.79 Å². The second-order valence-corrected chi connectivity index (χ2v) is 6.56. The fourth-order valence-electron chi connectivity index (χ4n) is 1.66. The number of hydrogen-bond acceptors (Lipinski definition) is 5. The Morgan fingerprint density at radius 2 is 1.86 bits per heavy atom. The minimum atomic E-state index is -4.31. The number of carboxylic acid groups (broad SMARTS) is 1. The van der Waals surface area contributed by atoms with Crippen LogP contribution in [0.5, 0.6) is 0 Å². The van der Waals surface area contributed by atoms with Crippen molar-refractivity contribution in [3.05, 3.63) is 29.6 Å². The molecule has 0 radical (unpaired) electrons. The fraction of sp³-hybridized carbons (Fsp3) is 0.385. The third kappa shape index (κ3) is 4.25. The predicted molar refractivity (Wildman–Crippen MR) is 74.3 cm³/mol. The van der Waals surface area contributed by atoms with Gasteiger partial charge in [-0.1, -0.05) is 13.8 Å². The fourth-order valence-corrected chi connectivity index (χ4v) is 3.05. The number of carboxylic acids is 1. The molecule has 0 heterocycles. The van der Waals surface area contributed by atoms with E-state index >= 15 is 0 Å². The van der Waals surface area contributed by atoms with Crippen LogP contribution in [-0.4, -0.2) is 38.6 Å². The van der Waals surface area contributed by atoms with Gasteiger partial charge in [0.15, 0.2) is 0 Å². The molecule has 0 spiro atoms. The zero-order chi connectivity index (χ0) is 17.1. The van der Waals surface area contributed by atoms with E-state index in [9.17, 15) is 22.4 Å². The van der Waals surface area contributed by atoms with Gasteiger partial charge in [0.25, 0.3) is 0 Å². The molecule has 0 amide bonds. The van der Waals surface area contributed by atoms with Crippen molar-refractivity contribution >= 4 is 22.0 Å². The summed E-state index contributed by atoms with van der Waals surface area (Å²) in [6.07, 6.45) is 0. The van der Waals surface area contributed by atoms with Crippen LogP contribution in [0.25, 0.3) is 0 Å². The summed E-state index contributed by atoms with van der Waals surface area (Å²) in [6, 6.07) is 1.04. The average Bonchev–Trinajstić information content (AvgIpc) is 2.42. The van der Waals surface area contributed by atoms with E-state index in [0.717, 1.165) is 19.2 Å². The van der Waals surface area contributed by atoms with Gasteiger partial charge in [-0.05, 0) is 24.1 Å². The smallest absolute Gasteiger partial charge is 0.337 e. The third-order valence-corrected chi connectivity index (χ3v) is 4.24. The number of ether oxygens (including phenoxy) is 1. The minimum Gasteiger partial charge on any atom is -0.480 e. The SMILES string of the molecule is COC(=O)c1cc(F)cc(S(=O)(=O)N[C@@H](C(=O)O)C(C)C)c1. The lowest BCUT2D eigenvalue weighted by Gasteiger charge is -2.18. The largest absolute Gasteiger partial charge is 0.480 e. The lowest BCUT2D eigenvalue weighted by molar-refractivity contribution is -0.140. The normalized spacial score (nSPS) is 13.0. The van der Waals surface area contributed by atoms with E-state index in [1.807, 2.05) is 4.72 Å². The number of carbonyl (C=O) groups excluding carboxylic acids is 1. The van der Waals surface area contributed by atoms with Crippen LogP contribution in [0.2, 0.25) is 0 Å². The zero-order valence-electron chi connectivity index (χ0n) is 12.2. The number of carbonyl (C=O) groups is 2. The van der Waals surface area contributed by atoms with Crippen LogP contribution >= 0.6 is 0 Å². The highest BCUT2D eigenvalue weighted by atomic mass is 32.2. The van der Waals surface area contributed by atoms with Gasteiger partial charge in [0, 0.05) is 0 Å². The van der Waals surface area contributed by atoms with Crippen molar-refractivity contribution in [3.8, 4) is 0 Å². The maximum Gasteiger partial charge on any atom is 0.337 e. The Balaban J connectivity index is 3.25. The van der Waals surface area contributed by atoms with Crippen molar-refractivity contribution in [2.75, 3.05) is 7.11 Å². The van der Waals surface area contributed by atoms with Crippen LogP contribution in [0.4, 0.5) is 4.39 Å². The molecule has 2 N–H and O–H groups in total. The Labute approximate surface area is 127 Å². The van der Waals surface area contributed by atoms with Gasteiger partial charge in [-0.2, -0.15) is 4.72 Å². The van der Waals surface area contributed by atoms with E-state index < -0.39 is 44.6 Å². The van der Waals surface area contributed by atoms with Crippen molar-refractivity contribution in [1.82, 2.24) is 4.72 Å². The molecule has 1 aromatic rings. The van der Waals surface area contributed by atoms with Crippen molar-refractivity contribution in [3.63, 3.8) is 0 Å². The van der Waals surface area contributed by atoms with Crippen LogP contribution in [0.15, 0.2) is 23.1 Å². The summed E-state index contributed by atoms with van der Waals surface area (Å²) in [7, 11) is -3.25. The number of esters is 1. The van der Waals surface area contributed by atoms with Gasteiger partial charge >= 0.3 is 11.9 Å². The standard InChI is InChI=1S/C13H16FNO6S/c1-7(2)11(12(16)17)15-22(19,20)10-5-8(13(18)21-3)4-9(14)6-10/h4-7,11,15H,1-3H3,(H,16,17)/t11-/m1/s1. The van der Waals surface area contributed by atoms with Gasteiger partial charge in [0.2, 0.25) is 10.0 Å². The molecule has 122 valence electrons. The molecule has 0 bridgehead atoms. The van der Waals surface area contributed by atoms with Crippen molar-refractivity contribution in [2.24, 2.45) is 5.92 Å². The molecule has 0 saturated carbocycles. The molecule has 9 heteroatoms. The number of aliphatic carboxylic acids is 1. The maximum absolute atomic E-state index is 13.5. The molecule has 1 rings (SSSR count).